The Morgan fingerprint density at radius 2 is 2.27 bits per heavy atom. The normalized spacial score (nSPS) is 12.0. The summed E-state index contributed by atoms with van der Waals surface area (Å²) in [7, 11) is 1.82. The number of hydrogen-bond acceptors (Lipinski definition) is 3. The summed E-state index contributed by atoms with van der Waals surface area (Å²) in [5.41, 5.74) is 0.339. The Morgan fingerprint density at radius 1 is 1.50 bits per heavy atom. The number of halogens is 2. The van der Waals surface area contributed by atoms with E-state index in [1.165, 1.54) is 12.1 Å². The first-order chi connectivity index (χ1) is 10.5. The van der Waals surface area contributed by atoms with Gasteiger partial charge in [0, 0.05) is 26.0 Å². The number of nitrogens with one attached hydrogen (secondary N) is 2. The molecule has 3 N–H and O–H groups in total. The highest BCUT2D eigenvalue weighted by molar-refractivity contribution is 6.30. The minimum atomic E-state index is -1.02. The number of nitrogens with zero attached hydrogens (tertiary/aromatic N) is 2. The summed E-state index contributed by atoms with van der Waals surface area (Å²) in [6, 6.07) is 3.55. The number of aliphatic hydroxyl groups excluding tert-OH is 1. The topological polar surface area (TPSA) is 79.2 Å². The van der Waals surface area contributed by atoms with Crippen LogP contribution < -0.4 is 10.6 Å². The van der Waals surface area contributed by atoms with Crippen molar-refractivity contribution >= 4 is 17.6 Å². The number of aryl methyl sites for hydroxylation is 1. The third-order valence-electron chi connectivity index (χ3n) is 3.11. The highest BCUT2D eigenvalue weighted by Gasteiger charge is 2.12. The van der Waals surface area contributed by atoms with Crippen LogP contribution in [-0.2, 0) is 13.6 Å². The largest absolute Gasteiger partial charge is 0.387 e. The maximum absolute atomic E-state index is 13.3. The molecule has 0 spiro atoms. The van der Waals surface area contributed by atoms with Gasteiger partial charge in [0.05, 0.1) is 17.7 Å². The lowest BCUT2D eigenvalue weighted by Crippen LogP contribution is -2.37. The van der Waals surface area contributed by atoms with Gasteiger partial charge < -0.3 is 20.3 Å². The molecule has 118 valence electrons. The van der Waals surface area contributed by atoms with E-state index in [1.54, 1.807) is 17.0 Å². The van der Waals surface area contributed by atoms with Crippen molar-refractivity contribution in [2.75, 3.05) is 6.54 Å². The second kappa shape index (κ2) is 7.24. The van der Waals surface area contributed by atoms with Crippen LogP contribution in [0, 0.1) is 5.82 Å². The number of carbonyl (C=O) groups is 1. The molecule has 0 fully saturated rings. The van der Waals surface area contributed by atoms with E-state index in [0.717, 1.165) is 6.07 Å². The number of carbonyl (C=O) groups excluding carboxylic acids is 1. The van der Waals surface area contributed by atoms with Gasteiger partial charge in [-0.1, -0.05) is 17.7 Å². The Bertz CT molecular complexity index is 662. The smallest absolute Gasteiger partial charge is 0.315 e. The van der Waals surface area contributed by atoms with Crippen LogP contribution in [0.1, 0.15) is 17.5 Å². The van der Waals surface area contributed by atoms with Crippen molar-refractivity contribution in [1.29, 1.82) is 0 Å². The Labute approximate surface area is 131 Å². The zero-order chi connectivity index (χ0) is 16.1. The number of aromatic nitrogens is 2. The molecule has 2 amide bonds. The van der Waals surface area contributed by atoms with E-state index in [0.29, 0.717) is 11.4 Å². The summed E-state index contributed by atoms with van der Waals surface area (Å²) in [5.74, 6) is 0.0907. The second-order valence-corrected chi connectivity index (χ2v) is 5.11. The molecule has 0 aliphatic rings. The number of amides is 2. The van der Waals surface area contributed by atoms with E-state index in [4.69, 9.17) is 11.6 Å². The molecule has 0 aliphatic heterocycles. The quantitative estimate of drug-likeness (QED) is 0.783. The van der Waals surface area contributed by atoms with Crippen molar-refractivity contribution in [3.8, 4) is 0 Å². The standard InChI is InChI=1S/C14H16ClFN4O2/c1-20-5-4-17-13(20)8-19-14(22)18-7-12(21)9-2-3-10(15)11(16)6-9/h2-6,12,21H,7-8H2,1H3,(H2,18,19,22)/t12-/m0/s1. The molecule has 0 aliphatic carbocycles. The van der Waals surface area contributed by atoms with Crippen molar-refractivity contribution in [2.45, 2.75) is 12.6 Å². The fourth-order valence-electron chi connectivity index (χ4n) is 1.82. The predicted octanol–water partition coefficient (Wildman–Crippen LogP) is 1.75. The minimum absolute atomic E-state index is 0.0169. The molecular formula is C14H16ClFN4O2. The number of benzene rings is 1. The Kier molecular flexibility index (Phi) is 5.35. The summed E-state index contributed by atoms with van der Waals surface area (Å²) < 4.78 is 15.1. The van der Waals surface area contributed by atoms with Gasteiger partial charge in [0.1, 0.15) is 11.6 Å². The van der Waals surface area contributed by atoms with Gasteiger partial charge in [0.25, 0.3) is 0 Å². The van der Waals surface area contributed by atoms with Crippen molar-refractivity contribution < 1.29 is 14.3 Å². The molecule has 0 radical (unpaired) electrons. The van der Waals surface area contributed by atoms with Gasteiger partial charge >= 0.3 is 6.03 Å². The lowest BCUT2D eigenvalue weighted by molar-refractivity contribution is 0.172. The lowest BCUT2D eigenvalue weighted by atomic mass is 10.1. The molecule has 22 heavy (non-hydrogen) atoms. The van der Waals surface area contributed by atoms with Gasteiger partial charge in [-0.3, -0.25) is 0 Å². The fraction of sp³-hybridized carbons (Fsp3) is 0.286. The number of hydrogen-bond donors (Lipinski definition) is 3. The predicted molar refractivity (Wildman–Crippen MR) is 79.8 cm³/mol. The van der Waals surface area contributed by atoms with Crippen molar-refractivity contribution in [2.24, 2.45) is 7.05 Å². The van der Waals surface area contributed by atoms with Crippen LogP contribution in [0.15, 0.2) is 30.6 Å². The summed E-state index contributed by atoms with van der Waals surface area (Å²) in [5, 5.41) is 15.0. The first-order valence-corrected chi connectivity index (χ1v) is 6.96. The van der Waals surface area contributed by atoms with Gasteiger partial charge in [-0.2, -0.15) is 0 Å². The lowest BCUT2D eigenvalue weighted by Gasteiger charge is -2.13. The third-order valence-corrected chi connectivity index (χ3v) is 3.42. The van der Waals surface area contributed by atoms with Crippen molar-refractivity contribution in [3.63, 3.8) is 0 Å². The monoisotopic (exact) mass is 326 g/mol. The SMILES string of the molecule is Cn1ccnc1CNC(=O)NC[C@H](O)c1ccc(Cl)c(F)c1. The van der Waals surface area contributed by atoms with Gasteiger partial charge in [-0.05, 0) is 17.7 Å². The van der Waals surface area contributed by atoms with Crippen molar-refractivity contribution in [1.82, 2.24) is 20.2 Å². The number of imidazole rings is 1. The number of aliphatic hydroxyl groups is 1. The summed E-state index contributed by atoms with van der Waals surface area (Å²) in [6.45, 7) is 0.217. The third kappa shape index (κ3) is 4.19. The van der Waals surface area contributed by atoms with E-state index in [9.17, 15) is 14.3 Å². The Balaban J connectivity index is 1.80. The van der Waals surface area contributed by atoms with Gasteiger partial charge in [-0.25, -0.2) is 14.2 Å². The highest BCUT2D eigenvalue weighted by atomic mass is 35.5. The average molecular weight is 327 g/mol. The van der Waals surface area contributed by atoms with Crippen LogP contribution in [0.4, 0.5) is 9.18 Å². The molecule has 0 saturated heterocycles. The zero-order valence-electron chi connectivity index (χ0n) is 11.9. The molecule has 0 saturated carbocycles. The molecule has 1 heterocycles. The molecule has 0 bridgehead atoms. The van der Waals surface area contributed by atoms with Crippen LogP contribution in [-0.4, -0.2) is 27.2 Å². The molecule has 2 aromatic rings. The molecule has 6 nitrogen and oxygen atoms in total. The molecule has 1 aromatic carbocycles. The molecular weight excluding hydrogens is 311 g/mol. The highest BCUT2D eigenvalue weighted by Crippen LogP contribution is 2.19. The molecule has 8 heteroatoms. The minimum Gasteiger partial charge on any atom is -0.387 e. The summed E-state index contributed by atoms with van der Waals surface area (Å²) >= 11 is 5.57. The van der Waals surface area contributed by atoms with Gasteiger partial charge in [0.15, 0.2) is 0 Å². The second-order valence-electron chi connectivity index (χ2n) is 4.71. The van der Waals surface area contributed by atoms with Crippen LogP contribution in [0.25, 0.3) is 0 Å². The molecule has 0 unspecified atom stereocenters. The van der Waals surface area contributed by atoms with E-state index in [1.807, 2.05) is 7.05 Å². The number of urea groups is 1. The first kappa shape index (κ1) is 16.3. The van der Waals surface area contributed by atoms with E-state index < -0.39 is 18.0 Å². The van der Waals surface area contributed by atoms with E-state index in [-0.39, 0.29) is 18.1 Å². The molecule has 1 aromatic heterocycles. The van der Waals surface area contributed by atoms with Crippen LogP contribution in [0.3, 0.4) is 0 Å². The average Bonchev–Trinajstić information content (AvgIpc) is 2.90. The number of rotatable bonds is 5. The maximum Gasteiger partial charge on any atom is 0.315 e. The maximum atomic E-state index is 13.3. The van der Waals surface area contributed by atoms with Crippen LogP contribution in [0.5, 0.6) is 0 Å². The Morgan fingerprint density at radius 3 is 2.91 bits per heavy atom. The fourth-order valence-corrected chi connectivity index (χ4v) is 1.93. The van der Waals surface area contributed by atoms with Crippen LogP contribution in [0.2, 0.25) is 5.02 Å². The van der Waals surface area contributed by atoms with Gasteiger partial charge in [-0.15, -0.1) is 0 Å². The molecule has 1 atom stereocenters. The van der Waals surface area contributed by atoms with Crippen molar-refractivity contribution in [3.05, 3.63) is 52.8 Å². The summed E-state index contributed by atoms with van der Waals surface area (Å²) in [6.07, 6.45) is 2.38. The summed E-state index contributed by atoms with van der Waals surface area (Å²) in [4.78, 5) is 15.7. The first-order valence-electron chi connectivity index (χ1n) is 6.58. The van der Waals surface area contributed by atoms with E-state index >= 15 is 0 Å². The van der Waals surface area contributed by atoms with Gasteiger partial charge in [0.2, 0.25) is 0 Å². The van der Waals surface area contributed by atoms with E-state index in [2.05, 4.69) is 15.6 Å². The zero-order valence-corrected chi connectivity index (χ0v) is 12.6. The molecule has 2 rings (SSSR count). The Hall–Kier alpha value is -2.12. The van der Waals surface area contributed by atoms with Crippen LogP contribution >= 0.6 is 11.6 Å².